The van der Waals surface area contributed by atoms with E-state index in [1.165, 1.54) is 25.3 Å². The average Bonchev–Trinajstić information content (AvgIpc) is 3.65. The first-order valence-electron chi connectivity index (χ1n) is 14.0. The lowest BCUT2D eigenvalue weighted by Gasteiger charge is -2.41. The fourth-order valence-corrected chi connectivity index (χ4v) is 6.31. The summed E-state index contributed by atoms with van der Waals surface area (Å²) in [6, 6.07) is 8.41. The highest BCUT2D eigenvalue weighted by Crippen LogP contribution is 2.51. The predicted molar refractivity (Wildman–Crippen MR) is 147 cm³/mol. The van der Waals surface area contributed by atoms with Gasteiger partial charge in [0, 0.05) is 35.7 Å². The molecule has 1 aliphatic heterocycles. The molecule has 2 amide bonds. The number of carbonyl (C=O) groups excluding carboxylic acids is 3. The highest BCUT2D eigenvalue weighted by molar-refractivity contribution is 5.96. The van der Waals surface area contributed by atoms with Crippen molar-refractivity contribution in [1.29, 1.82) is 0 Å². The zero-order valence-electron chi connectivity index (χ0n) is 22.9. The number of nitrogens with zero attached hydrogens (tertiary/aromatic N) is 1. The number of ether oxygens (including phenoxy) is 2. The lowest BCUT2D eigenvalue weighted by Crippen LogP contribution is -2.57. The maximum absolute atomic E-state index is 13.9. The number of benzene rings is 2. The van der Waals surface area contributed by atoms with Gasteiger partial charge in [0.15, 0.2) is 11.5 Å². The molecule has 41 heavy (non-hydrogen) atoms. The molecule has 1 saturated carbocycles. The van der Waals surface area contributed by atoms with Crippen LogP contribution in [0.4, 0.5) is 4.39 Å². The van der Waals surface area contributed by atoms with Crippen LogP contribution in [0.2, 0.25) is 0 Å². The van der Waals surface area contributed by atoms with Crippen LogP contribution in [-0.4, -0.2) is 78.3 Å². The van der Waals surface area contributed by atoms with E-state index in [2.05, 4.69) is 5.32 Å². The number of aliphatic hydroxyl groups excluding tert-OH is 2. The number of carbonyl (C=O) groups is 3. The monoisotopic (exact) mass is 566 g/mol. The highest BCUT2D eigenvalue weighted by Gasteiger charge is 2.51. The lowest BCUT2D eigenvalue weighted by molar-refractivity contribution is -0.141. The second-order valence-corrected chi connectivity index (χ2v) is 10.8. The van der Waals surface area contributed by atoms with Gasteiger partial charge in [0.05, 0.1) is 25.7 Å². The summed E-state index contributed by atoms with van der Waals surface area (Å²) in [6.45, 7) is -0.0583. The Morgan fingerprint density at radius 3 is 2.68 bits per heavy atom. The van der Waals surface area contributed by atoms with E-state index in [1.54, 1.807) is 29.2 Å². The molecule has 2 aliphatic carbocycles. The van der Waals surface area contributed by atoms with E-state index in [0.29, 0.717) is 40.9 Å². The Hall–Kier alpha value is -3.76. The molecule has 0 saturated heterocycles. The number of fused-ring (bicyclic) bond motifs is 3. The first-order valence-corrected chi connectivity index (χ1v) is 14.0. The molecule has 3 aliphatic rings. The van der Waals surface area contributed by atoms with Gasteiger partial charge in [0.25, 0.3) is 0 Å². The number of aliphatic hydroxyl groups is 2. The molecule has 4 atom stereocenters. The van der Waals surface area contributed by atoms with E-state index in [4.69, 9.17) is 9.47 Å². The van der Waals surface area contributed by atoms with Crippen LogP contribution in [0.25, 0.3) is 0 Å². The van der Waals surface area contributed by atoms with Crippen molar-refractivity contribution < 1.29 is 38.5 Å². The number of nitrogens with one attached hydrogen (secondary N) is 1. The third kappa shape index (κ3) is 5.71. The van der Waals surface area contributed by atoms with E-state index in [0.717, 1.165) is 25.7 Å². The Labute approximate surface area is 237 Å². The van der Waals surface area contributed by atoms with Crippen molar-refractivity contribution >= 4 is 18.1 Å². The molecule has 3 N–H and O–H groups in total. The highest BCUT2D eigenvalue weighted by atomic mass is 19.1. The number of hydrogen-bond acceptors (Lipinski definition) is 7. The van der Waals surface area contributed by atoms with Crippen LogP contribution < -0.4 is 14.8 Å². The van der Waals surface area contributed by atoms with E-state index in [1.807, 2.05) is 0 Å². The van der Waals surface area contributed by atoms with Gasteiger partial charge in [-0.1, -0.05) is 25.0 Å². The van der Waals surface area contributed by atoms with E-state index in [9.17, 15) is 29.0 Å². The number of aldehydes is 1. The first kappa shape index (κ1) is 28.8. The Bertz CT molecular complexity index is 1340. The summed E-state index contributed by atoms with van der Waals surface area (Å²) in [5.74, 6) is -1.30. The molecule has 2 aromatic rings. The Morgan fingerprint density at radius 1 is 1.22 bits per heavy atom. The van der Waals surface area contributed by atoms with Gasteiger partial charge in [0.2, 0.25) is 11.8 Å². The molecule has 0 unspecified atom stereocenters. The van der Waals surface area contributed by atoms with Crippen molar-refractivity contribution in [3.63, 3.8) is 0 Å². The SMILES string of the molecule is COc1cc(C=O)cc2c1O[C@@H]1[C@@H](O)[C@H](N(CCc3cccc(F)c3)C(=O)C3CCCC3)C=C(C(=O)NCCO)[C@H]21. The van der Waals surface area contributed by atoms with Gasteiger partial charge in [-0.05, 0) is 55.2 Å². The van der Waals surface area contributed by atoms with Crippen molar-refractivity contribution in [2.24, 2.45) is 5.92 Å². The second-order valence-electron chi connectivity index (χ2n) is 10.8. The number of halogens is 1. The molecule has 0 aromatic heterocycles. The third-order valence-electron chi connectivity index (χ3n) is 8.29. The van der Waals surface area contributed by atoms with Crippen molar-refractivity contribution in [2.45, 2.75) is 56.3 Å². The standard InChI is InChI=1S/C31H35FN2O7/c1-40-25-15-19(17-36)14-22-26-23(30(38)33-10-12-35)16-24(27(37)29(26)41-28(22)25)34(31(39)20-6-2-3-7-20)11-9-18-5-4-8-21(32)13-18/h4-5,8,13-17,20,24,26-27,29,35,37H,2-3,6-7,9-12H2,1H3,(H,33,38)/t24-,26+,27+,29+/m1/s1. The summed E-state index contributed by atoms with van der Waals surface area (Å²) in [6.07, 6.45) is 3.82. The van der Waals surface area contributed by atoms with Crippen LogP contribution in [0, 0.1) is 11.7 Å². The average molecular weight is 567 g/mol. The minimum absolute atomic E-state index is 0.0104. The molecule has 1 fully saturated rings. The van der Waals surface area contributed by atoms with Gasteiger partial charge in [0.1, 0.15) is 24.3 Å². The number of methoxy groups -OCH3 is 1. The van der Waals surface area contributed by atoms with Gasteiger partial charge >= 0.3 is 0 Å². The molecule has 10 heteroatoms. The molecule has 2 aromatic carbocycles. The molecular formula is C31H35FN2O7. The fraction of sp³-hybridized carbons (Fsp3) is 0.452. The normalized spacial score (nSPS) is 23.2. The molecule has 1 heterocycles. The van der Waals surface area contributed by atoms with Gasteiger partial charge in [-0.15, -0.1) is 0 Å². The van der Waals surface area contributed by atoms with E-state index >= 15 is 0 Å². The molecule has 0 bridgehead atoms. The largest absolute Gasteiger partial charge is 0.493 e. The minimum Gasteiger partial charge on any atom is -0.493 e. The van der Waals surface area contributed by atoms with Crippen LogP contribution >= 0.6 is 0 Å². The number of rotatable bonds is 10. The Balaban J connectivity index is 1.56. The molecule has 5 rings (SSSR count). The zero-order valence-corrected chi connectivity index (χ0v) is 22.9. The van der Waals surface area contributed by atoms with Crippen molar-refractivity contribution in [1.82, 2.24) is 10.2 Å². The van der Waals surface area contributed by atoms with Gasteiger partial charge in [-0.2, -0.15) is 0 Å². The fourth-order valence-electron chi connectivity index (χ4n) is 6.31. The van der Waals surface area contributed by atoms with Crippen molar-refractivity contribution in [3.05, 3.63) is 70.6 Å². The Morgan fingerprint density at radius 2 is 2.00 bits per heavy atom. The smallest absolute Gasteiger partial charge is 0.247 e. The second kappa shape index (κ2) is 12.4. The third-order valence-corrected chi connectivity index (χ3v) is 8.29. The van der Waals surface area contributed by atoms with Crippen LogP contribution in [0.15, 0.2) is 48.0 Å². The van der Waals surface area contributed by atoms with E-state index < -0.39 is 30.1 Å². The molecule has 218 valence electrons. The van der Waals surface area contributed by atoms with Gasteiger partial charge < -0.3 is 29.9 Å². The molecule has 0 spiro atoms. The lowest BCUT2D eigenvalue weighted by atomic mass is 9.77. The maximum Gasteiger partial charge on any atom is 0.247 e. The minimum atomic E-state index is -1.22. The Kier molecular flexibility index (Phi) is 8.70. The van der Waals surface area contributed by atoms with Crippen LogP contribution in [0.3, 0.4) is 0 Å². The quantitative estimate of drug-likeness (QED) is 0.378. The zero-order chi connectivity index (χ0) is 29.1. The summed E-state index contributed by atoms with van der Waals surface area (Å²) in [7, 11) is 1.44. The summed E-state index contributed by atoms with van der Waals surface area (Å²) < 4.78 is 25.6. The number of hydrogen-bond donors (Lipinski definition) is 3. The first-order chi connectivity index (χ1) is 19.9. The summed E-state index contributed by atoms with van der Waals surface area (Å²) >= 11 is 0. The topological polar surface area (TPSA) is 125 Å². The van der Waals surface area contributed by atoms with Crippen molar-refractivity contribution in [3.8, 4) is 11.5 Å². The predicted octanol–water partition coefficient (Wildman–Crippen LogP) is 2.53. The summed E-state index contributed by atoms with van der Waals surface area (Å²) in [5.41, 5.74) is 1.81. The van der Waals surface area contributed by atoms with Gasteiger partial charge in [-0.3, -0.25) is 14.4 Å². The molecule has 0 radical (unpaired) electrons. The molecular weight excluding hydrogens is 531 g/mol. The summed E-state index contributed by atoms with van der Waals surface area (Å²) in [5, 5.41) is 23.8. The molecule has 9 nitrogen and oxygen atoms in total. The van der Waals surface area contributed by atoms with Crippen molar-refractivity contribution in [2.75, 3.05) is 26.8 Å². The van der Waals surface area contributed by atoms with Crippen LogP contribution in [-0.2, 0) is 16.0 Å². The maximum atomic E-state index is 13.9. The van der Waals surface area contributed by atoms with E-state index in [-0.39, 0.29) is 42.9 Å². The summed E-state index contributed by atoms with van der Waals surface area (Å²) in [4.78, 5) is 40.6. The van der Waals surface area contributed by atoms with Crippen LogP contribution in [0.5, 0.6) is 11.5 Å². The van der Waals surface area contributed by atoms with Gasteiger partial charge in [-0.25, -0.2) is 4.39 Å². The number of amides is 2. The van der Waals surface area contributed by atoms with Crippen LogP contribution in [0.1, 0.15) is 53.1 Å².